The number of amides is 3. The first-order valence-electron chi connectivity index (χ1n) is 13.1. The molecule has 206 valence electrons. The van der Waals surface area contributed by atoms with E-state index in [4.69, 9.17) is 15.2 Å². The number of aliphatic carboxylic acids is 1. The van der Waals surface area contributed by atoms with Crippen molar-refractivity contribution in [2.24, 2.45) is 5.73 Å². The molecule has 10 heteroatoms. The SMILES string of the molecule is NCCCCC(NC(=O)N[C@@H]1Cc2ccc(cc2)OCCCCOC[C@H](c2ccccc2)NC1=O)C(=O)O. The third-order valence-electron chi connectivity index (χ3n) is 6.29. The van der Waals surface area contributed by atoms with E-state index in [-0.39, 0.29) is 19.4 Å². The Morgan fingerprint density at radius 3 is 2.50 bits per heavy atom. The van der Waals surface area contributed by atoms with Gasteiger partial charge < -0.3 is 36.3 Å². The van der Waals surface area contributed by atoms with Crippen LogP contribution in [0.3, 0.4) is 0 Å². The molecule has 6 N–H and O–H groups in total. The van der Waals surface area contributed by atoms with Crippen molar-refractivity contribution in [1.29, 1.82) is 0 Å². The third kappa shape index (κ3) is 9.68. The highest BCUT2D eigenvalue weighted by atomic mass is 16.5. The molecule has 0 aromatic heterocycles. The third-order valence-corrected chi connectivity index (χ3v) is 6.29. The Morgan fingerprint density at radius 2 is 1.79 bits per heavy atom. The average Bonchev–Trinajstić information content (AvgIpc) is 2.91. The van der Waals surface area contributed by atoms with Crippen molar-refractivity contribution in [3.8, 4) is 5.75 Å². The molecule has 2 aromatic rings. The van der Waals surface area contributed by atoms with Crippen molar-refractivity contribution in [1.82, 2.24) is 16.0 Å². The first-order valence-corrected chi connectivity index (χ1v) is 13.1. The fraction of sp³-hybridized carbons (Fsp3) is 0.464. The maximum atomic E-state index is 13.5. The molecule has 2 heterocycles. The minimum atomic E-state index is -1.14. The molecule has 2 aliphatic rings. The standard InChI is InChI=1S/C28H38N4O6/c29-15-5-4-10-23(27(34)35)31-28(36)32-24-18-20-11-13-22(14-12-20)38-17-7-6-16-37-19-25(30-26(24)33)21-8-2-1-3-9-21/h1-3,8-9,11-14,23-25H,4-7,10,15-19,29H2,(H,30,33)(H,34,35)(H2,31,32,36)/t23?,24-,25-/m1/s1. The topological polar surface area (TPSA) is 152 Å². The summed E-state index contributed by atoms with van der Waals surface area (Å²) in [4.78, 5) is 38.0. The van der Waals surface area contributed by atoms with Crippen LogP contribution in [0.4, 0.5) is 4.79 Å². The zero-order valence-electron chi connectivity index (χ0n) is 21.6. The van der Waals surface area contributed by atoms with Gasteiger partial charge >= 0.3 is 12.0 Å². The van der Waals surface area contributed by atoms with Gasteiger partial charge in [0.15, 0.2) is 0 Å². The normalized spacial score (nSPS) is 19.6. The number of hydrogen-bond acceptors (Lipinski definition) is 6. The van der Waals surface area contributed by atoms with Crippen LogP contribution in [0.25, 0.3) is 0 Å². The van der Waals surface area contributed by atoms with Crippen molar-refractivity contribution < 1.29 is 29.0 Å². The van der Waals surface area contributed by atoms with Crippen LogP contribution in [-0.2, 0) is 20.7 Å². The Balaban J connectivity index is 1.79. The van der Waals surface area contributed by atoms with Crippen LogP contribution in [0.15, 0.2) is 54.6 Å². The zero-order valence-corrected chi connectivity index (χ0v) is 21.6. The maximum Gasteiger partial charge on any atom is 0.326 e. The summed E-state index contributed by atoms with van der Waals surface area (Å²) in [6.07, 6.45) is 3.31. The molecule has 3 atom stereocenters. The Labute approximate surface area is 223 Å². The Kier molecular flexibility index (Phi) is 11.9. The molecule has 10 nitrogen and oxygen atoms in total. The number of carbonyl (C=O) groups excluding carboxylic acids is 2. The highest BCUT2D eigenvalue weighted by Crippen LogP contribution is 2.17. The van der Waals surface area contributed by atoms with Crippen molar-refractivity contribution in [3.63, 3.8) is 0 Å². The molecule has 0 saturated carbocycles. The molecular weight excluding hydrogens is 488 g/mol. The van der Waals surface area contributed by atoms with Crippen molar-refractivity contribution in [2.75, 3.05) is 26.4 Å². The average molecular weight is 527 g/mol. The van der Waals surface area contributed by atoms with E-state index in [1.807, 2.05) is 54.6 Å². The van der Waals surface area contributed by atoms with E-state index in [1.165, 1.54) is 0 Å². The second-order valence-corrected chi connectivity index (χ2v) is 9.30. The minimum absolute atomic E-state index is 0.201. The number of hydrogen-bond donors (Lipinski definition) is 5. The molecule has 0 radical (unpaired) electrons. The number of carboxylic acids is 1. The number of ether oxygens (including phenoxy) is 2. The summed E-state index contributed by atoms with van der Waals surface area (Å²) in [5.41, 5.74) is 7.19. The molecular formula is C28H38N4O6. The predicted molar refractivity (Wildman–Crippen MR) is 143 cm³/mol. The highest BCUT2D eigenvalue weighted by molar-refractivity contribution is 5.89. The van der Waals surface area contributed by atoms with Crippen molar-refractivity contribution >= 4 is 17.9 Å². The van der Waals surface area contributed by atoms with Crippen LogP contribution >= 0.6 is 0 Å². The lowest BCUT2D eigenvalue weighted by atomic mass is 10.0. The number of unbranched alkanes of at least 4 members (excludes halogenated alkanes) is 1. The summed E-state index contributed by atoms with van der Waals surface area (Å²) >= 11 is 0. The van der Waals surface area contributed by atoms with E-state index < -0.39 is 36.0 Å². The summed E-state index contributed by atoms with van der Waals surface area (Å²) in [6.45, 7) is 1.80. The molecule has 4 rings (SSSR count). The minimum Gasteiger partial charge on any atom is -0.494 e. The lowest BCUT2D eigenvalue weighted by Gasteiger charge is -2.25. The number of benzene rings is 2. The summed E-state index contributed by atoms with van der Waals surface area (Å²) in [7, 11) is 0. The molecule has 2 aliphatic heterocycles. The van der Waals surface area contributed by atoms with Crippen molar-refractivity contribution in [3.05, 3.63) is 65.7 Å². The van der Waals surface area contributed by atoms with E-state index in [2.05, 4.69) is 16.0 Å². The number of carbonyl (C=O) groups is 3. The van der Waals surface area contributed by atoms with E-state index in [1.54, 1.807) is 0 Å². The monoisotopic (exact) mass is 526 g/mol. The first-order chi connectivity index (χ1) is 18.5. The van der Waals surface area contributed by atoms with Gasteiger partial charge in [-0.1, -0.05) is 42.5 Å². The molecule has 0 spiro atoms. The summed E-state index contributed by atoms with van der Waals surface area (Å²) in [5.74, 6) is -0.823. The Morgan fingerprint density at radius 1 is 1.05 bits per heavy atom. The predicted octanol–water partition coefficient (Wildman–Crippen LogP) is 2.53. The van der Waals surface area contributed by atoms with Crippen LogP contribution in [0, 0.1) is 0 Å². The summed E-state index contributed by atoms with van der Waals surface area (Å²) < 4.78 is 11.7. The number of nitrogens with one attached hydrogen (secondary N) is 3. The van der Waals surface area contributed by atoms with Crippen molar-refractivity contribution in [2.45, 2.75) is 56.7 Å². The number of nitrogens with two attached hydrogens (primary N) is 1. The summed E-state index contributed by atoms with van der Waals surface area (Å²) in [6, 6.07) is 13.7. The van der Waals surface area contributed by atoms with Gasteiger partial charge in [-0.05, 0) is 61.9 Å². The van der Waals surface area contributed by atoms with Crippen LogP contribution in [0.2, 0.25) is 0 Å². The van der Waals surface area contributed by atoms with Crippen LogP contribution in [0.5, 0.6) is 5.75 Å². The van der Waals surface area contributed by atoms with Gasteiger partial charge in [0.25, 0.3) is 0 Å². The second-order valence-electron chi connectivity index (χ2n) is 9.30. The van der Waals surface area contributed by atoms with Crippen LogP contribution in [0.1, 0.15) is 49.3 Å². The molecule has 2 bridgehead atoms. The molecule has 2 aromatic carbocycles. The lowest BCUT2D eigenvalue weighted by Crippen LogP contribution is -2.54. The molecule has 0 aliphatic carbocycles. The van der Waals surface area contributed by atoms with Gasteiger partial charge in [0.05, 0.1) is 19.3 Å². The van der Waals surface area contributed by atoms with Gasteiger partial charge in [-0.15, -0.1) is 0 Å². The molecule has 3 amide bonds. The smallest absolute Gasteiger partial charge is 0.326 e. The van der Waals surface area contributed by atoms with E-state index in [0.717, 1.165) is 29.7 Å². The van der Waals surface area contributed by atoms with Gasteiger partial charge in [-0.2, -0.15) is 0 Å². The Hall–Kier alpha value is -3.63. The molecule has 1 unspecified atom stereocenters. The van der Waals surface area contributed by atoms with E-state index in [9.17, 15) is 19.5 Å². The van der Waals surface area contributed by atoms with Gasteiger partial charge in [0.2, 0.25) is 5.91 Å². The van der Waals surface area contributed by atoms with Gasteiger partial charge in [-0.3, -0.25) is 4.79 Å². The molecule has 38 heavy (non-hydrogen) atoms. The van der Waals surface area contributed by atoms with E-state index >= 15 is 0 Å². The quantitative estimate of drug-likeness (QED) is 0.332. The maximum absolute atomic E-state index is 13.5. The Bertz CT molecular complexity index is 1020. The highest BCUT2D eigenvalue weighted by Gasteiger charge is 2.27. The number of rotatable bonds is 8. The van der Waals surface area contributed by atoms with Crippen LogP contribution < -0.4 is 26.4 Å². The van der Waals surface area contributed by atoms with Crippen LogP contribution in [-0.4, -0.2) is 61.5 Å². The second kappa shape index (κ2) is 15.6. The lowest BCUT2D eigenvalue weighted by molar-refractivity contribution is -0.139. The fourth-order valence-electron chi connectivity index (χ4n) is 4.15. The largest absolute Gasteiger partial charge is 0.494 e. The van der Waals surface area contributed by atoms with Gasteiger partial charge in [0, 0.05) is 13.0 Å². The van der Waals surface area contributed by atoms with Gasteiger partial charge in [-0.25, -0.2) is 9.59 Å². The first kappa shape index (κ1) is 28.9. The molecule has 0 saturated heterocycles. The summed E-state index contributed by atoms with van der Waals surface area (Å²) in [5, 5.41) is 17.7. The number of fused-ring (bicyclic) bond motifs is 13. The number of urea groups is 1. The van der Waals surface area contributed by atoms with Gasteiger partial charge in [0.1, 0.15) is 17.8 Å². The fourth-order valence-corrected chi connectivity index (χ4v) is 4.15. The zero-order chi connectivity index (χ0) is 27.2. The molecule has 0 fully saturated rings. The van der Waals surface area contributed by atoms with E-state index in [0.29, 0.717) is 32.6 Å². The number of carboxylic acid groups (broad SMARTS) is 1.